The summed E-state index contributed by atoms with van der Waals surface area (Å²) in [6, 6.07) is 20.6. The largest absolute Gasteiger partial charge is 0.336 e. The first-order valence-electron chi connectivity index (χ1n) is 9.11. The van der Waals surface area contributed by atoms with Gasteiger partial charge in [-0.1, -0.05) is 74.5 Å². The predicted octanol–water partition coefficient (Wildman–Crippen LogP) is 4.57. The van der Waals surface area contributed by atoms with Gasteiger partial charge in [-0.3, -0.25) is 0 Å². The summed E-state index contributed by atoms with van der Waals surface area (Å²) in [5.74, 6) is -1.42. The fraction of sp³-hybridized carbons (Fsp3) is 0.455. The molecule has 4 bridgehead atoms. The van der Waals surface area contributed by atoms with Crippen LogP contribution in [-0.4, -0.2) is 11.2 Å². The summed E-state index contributed by atoms with van der Waals surface area (Å²) in [5.41, 5.74) is 1.29. The van der Waals surface area contributed by atoms with Crippen molar-refractivity contribution in [3.8, 4) is 0 Å². The predicted molar refractivity (Wildman–Crippen MR) is 94.6 cm³/mol. The molecule has 4 heterocycles. The number of rotatable bonds is 2. The van der Waals surface area contributed by atoms with Crippen LogP contribution in [0.1, 0.15) is 38.8 Å². The summed E-state index contributed by atoms with van der Waals surface area (Å²) in [6.45, 7) is 8.74. The molecule has 0 aliphatic carbocycles. The van der Waals surface area contributed by atoms with Crippen molar-refractivity contribution in [1.29, 1.82) is 0 Å². The van der Waals surface area contributed by atoms with Crippen LogP contribution in [0.25, 0.3) is 0 Å². The molecule has 4 fully saturated rings. The summed E-state index contributed by atoms with van der Waals surface area (Å²) in [7, 11) is 0. The molecule has 0 unspecified atom stereocenters. The average molecular weight is 336 g/mol. The Morgan fingerprint density at radius 3 is 1.32 bits per heavy atom. The molecular weight excluding hydrogens is 312 g/mol. The normalized spacial score (nSPS) is 47.4. The summed E-state index contributed by atoms with van der Waals surface area (Å²) in [6.07, 6.45) is 0. The molecule has 0 spiro atoms. The first-order valence-corrected chi connectivity index (χ1v) is 9.11. The van der Waals surface area contributed by atoms with Gasteiger partial charge in [0, 0.05) is 23.0 Å². The quantitative estimate of drug-likeness (QED) is 0.804. The van der Waals surface area contributed by atoms with Crippen molar-refractivity contribution in [2.24, 2.45) is 11.8 Å². The van der Waals surface area contributed by atoms with Crippen molar-refractivity contribution < 1.29 is 14.2 Å². The van der Waals surface area contributed by atoms with Crippen LogP contribution in [0, 0.1) is 11.8 Å². The maximum absolute atomic E-state index is 6.80. The second-order valence-electron chi connectivity index (χ2n) is 8.03. The minimum absolute atomic E-state index is 0.0780. The highest BCUT2D eigenvalue weighted by Gasteiger charge is 2.84. The molecule has 6 atom stereocenters. The Balaban J connectivity index is 1.76. The molecule has 25 heavy (non-hydrogen) atoms. The van der Waals surface area contributed by atoms with Crippen molar-refractivity contribution >= 4 is 0 Å². The van der Waals surface area contributed by atoms with E-state index in [9.17, 15) is 0 Å². The zero-order chi connectivity index (χ0) is 17.5. The number of ether oxygens (including phenoxy) is 3. The molecule has 2 aromatic rings. The molecular formula is C22H24O3. The Bertz CT molecular complexity index is 752. The molecule has 0 N–H and O–H groups in total. The minimum atomic E-state index is -0.786. The van der Waals surface area contributed by atoms with Gasteiger partial charge in [-0.15, -0.1) is 0 Å². The van der Waals surface area contributed by atoms with Crippen molar-refractivity contribution in [3.05, 3.63) is 71.8 Å². The smallest absolute Gasteiger partial charge is 0.204 e. The number of hydrogen-bond donors (Lipinski definition) is 0. The summed E-state index contributed by atoms with van der Waals surface area (Å²) in [4.78, 5) is 0. The lowest BCUT2D eigenvalue weighted by molar-refractivity contribution is -0.445. The van der Waals surface area contributed by atoms with Crippen molar-refractivity contribution in [2.75, 3.05) is 0 Å². The Hall–Kier alpha value is -1.68. The van der Waals surface area contributed by atoms with Crippen LogP contribution in [-0.2, 0) is 25.8 Å². The van der Waals surface area contributed by atoms with Gasteiger partial charge < -0.3 is 14.2 Å². The third kappa shape index (κ3) is 1.54. The van der Waals surface area contributed by atoms with E-state index in [1.165, 1.54) is 0 Å². The molecule has 0 radical (unpaired) electrons. The maximum atomic E-state index is 6.80. The lowest BCUT2D eigenvalue weighted by Gasteiger charge is -2.52. The molecule has 4 aliphatic heterocycles. The number of hydrogen-bond acceptors (Lipinski definition) is 3. The zero-order valence-electron chi connectivity index (χ0n) is 15.2. The molecule has 0 aromatic heterocycles. The molecule has 130 valence electrons. The second kappa shape index (κ2) is 4.53. The topological polar surface area (TPSA) is 27.7 Å². The molecule has 3 nitrogen and oxygen atoms in total. The third-order valence-corrected chi connectivity index (χ3v) is 7.16. The van der Waals surface area contributed by atoms with Gasteiger partial charge in [-0.05, 0) is 13.8 Å². The van der Waals surface area contributed by atoms with Gasteiger partial charge >= 0.3 is 0 Å². The highest BCUT2D eigenvalue weighted by atomic mass is 16.9. The molecule has 0 amide bonds. The van der Waals surface area contributed by atoms with Gasteiger partial charge in [0.25, 0.3) is 0 Å². The van der Waals surface area contributed by atoms with Gasteiger partial charge in [0.2, 0.25) is 11.6 Å². The van der Waals surface area contributed by atoms with E-state index in [-0.39, 0.29) is 11.8 Å². The molecule has 6 rings (SSSR count). The molecule has 4 saturated heterocycles. The first-order chi connectivity index (χ1) is 11.9. The van der Waals surface area contributed by atoms with Crippen LogP contribution < -0.4 is 0 Å². The lowest BCUT2D eigenvalue weighted by Crippen LogP contribution is -2.56. The molecule has 3 heteroatoms. The van der Waals surface area contributed by atoms with Crippen LogP contribution in [0.5, 0.6) is 0 Å². The van der Waals surface area contributed by atoms with E-state index in [0.29, 0.717) is 0 Å². The van der Waals surface area contributed by atoms with Gasteiger partial charge in [0.1, 0.15) is 11.2 Å². The van der Waals surface area contributed by atoms with Gasteiger partial charge in [0.05, 0.1) is 0 Å². The standard InChI is InChI=1S/C22H24O3/c1-15-19(3)20(4)16(2)22(23-19,18-13-9-6-10-14-18)25-21(15,24-20)17-11-7-5-8-12-17/h5-16H,1-4H3/t15-,16-,19-,20-,21-,22-/m0/s1. The second-order valence-corrected chi connectivity index (χ2v) is 8.03. The molecule has 4 aliphatic rings. The van der Waals surface area contributed by atoms with E-state index in [1.54, 1.807) is 0 Å². The summed E-state index contributed by atoms with van der Waals surface area (Å²) < 4.78 is 20.3. The monoisotopic (exact) mass is 336 g/mol. The van der Waals surface area contributed by atoms with Crippen LogP contribution >= 0.6 is 0 Å². The van der Waals surface area contributed by atoms with Gasteiger partial charge in [-0.25, -0.2) is 0 Å². The summed E-state index contributed by atoms with van der Waals surface area (Å²) in [5, 5.41) is 0. The Morgan fingerprint density at radius 1 is 0.600 bits per heavy atom. The van der Waals surface area contributed by atoms with E-state index in [1.807, 2.05) is 36.4 Å². The van der Waals surface area contributed by atoms with Crippen LogP contribution in [0.2, 0.25) is 0 Å². The maximum Gasteiger partial charge on any atom is 0.204 e. The van der Waals surface area contributed by atoms with Gasteiger partial charge in [-0.2, -0.15) is 0 Å². The van der Waals surface area contributed by atoms with Crippen molar-refractivity contribution in [3.63, 3.8) is 0 Å². The Kier molecular flexibility index (Phi) is 2.82. The fourth-order valence-corrected chi connectivity index (χ4v) is 5.29. The Labute approximate surface area is 148 Å². The van der Waals surface area contributed by atoms with E-state index < -0.39 is 22.8 Å². The van der Waals surface area contributed by atoms with Crippen molar-refractivity contribution in [1.82, 2.24) is 0 Å². The highest BCUT2D eigenvalue weighted by Crippen LogP contribution is 2.74. The molecule has 0 saturated carbocycles. The summed E-state index contributed by atoms with van der Waals surface area (Å²) >= 11 is 0. The van der Waals surface area contributed by atoms with Crippen molar-refractivity contribution in [2.45, 2.75) is 50.5 Å². The fourth-order valence-electron chi connectivity index (χ4n) is 5.29. The van der Waals surface area contributed by atoms with E-state index in [0.717, 1.165) is 11.1 Å². The Morgan fingerprint density at radius 2 is 0.960 bits per heavy atom. The average Bonchev–Trinajstić information content (AvgIpc) is 2.84. The van der Waals surface area contributed by atoms with Crippen LogP contribution in [0.15, 0.2) is 60.7 Å². The first kappa shape index (κ1) is 15.6. The van der Waals surface area contributed by atoms with Crippen LogP contribution in [0.3, 0.4) is 0 Å². The SMILES string of the molecule is C[C@@H]1[C@@]2(c3ccccc3)O[C@@]3(c4ccccc4)O[C@]1(C)[C@@](C)(O2)[C@@H]3C. The molecule has 2 aromatic carbocycles. The van der Waals surface area contributed by atoms with E-state index in [4.69, 9.17) is 14.2 Å². The van der Waals surface area contributed by atoms with E-state index >= 15 is 0 Å². The third-order valence-electron chi connectivity index (χ3n) is 7.16. The number of benzene rings is 2. The van der Waals surface area contributed by atoms with Gasteiger partial charge in [0.15, 0.2) is 0 Å². The lowest BCUT2D eigenvalue weighted by atomic mass is 9.72. The van der Waals surface area contributed by atoms with E-state index in [2.05, 4.69) is 52.0 Å². The minimum Gasteiger partial charge on any atom is -0.336 e. The van der Waals surface area contributed by atoms with Crippen LogP contribution in [0.4, 0.5) is 0 Å². The highest BCUT2D eigenvalue weighted by molar-refractivity contribution is 5.36. The zero-order valence-corrected chi connectivity index (χ0v) is 15.2.